The van der Waals surface area contributed by atoms with Gasteiger partial charge in [-0.15, -0.1) is 0 Å². The Morgan fingerprint density at radius 2 is 1.89 bits per heavy atom. The number of carbonyl (C=O) groups excluding carboxylic acids is 1. The summed E-state index contributed by atoms with van der Waals surface area (Å²) in [7, 11) is 1.66. The predicted octanol–water partition coefficient (Wildman–Crippen LogP) is 1.65. The number of nitrogens with zero attached hydrogens (tertiary/aromatic N) is 1. The Balaban J connectivity index is 2.34. The van der Waals surface area contributed by atoms with Crippen LogP contribution in [0.1, 0.15) is 24.8 Å². The second kappa shape index (κ2) is 7.41. The summed E-state index contributed by atoms with van der Waals surface area (Å²) in [6.45, 7) is 0.436. The minimum absolute atomic E-state index is 0.0476. The molecule has 0 heterocycles. The van der Waals surface area contributed by atoms with Gasteiger partial charge in [-0.2, -0.15) is 0 Å². The number of benzene rings is 1. The molecular formula is C14H19NO4. The van der Waals surface area contributed by atoms with Crippen molar-refractivity contribution in [1.82, 2.24) is 4.90 Å². The molecule has 0 aliphatic rings. The van der Waals surface area contributed by atoms with E-state index in [1.54, 1.807) is 25.2 Å². The summed E-state index contributed by atoms with van der Waals surface area (Å²) in [5.74, 6) is -0.701. The first kappa shape index (κ1) is 15.0. The lowest BCUT2D eigenvalue weighted by Crippen LogP contribution is -2.28. The number of hydrogen-bond donors (Lipinski definition) is 2. The first-order valence-corrected chi connectivity index (χ1v) is 6.23. The first-order valence-electron chi connectivity index (χ1n) is 6.23. The standard InChI is InChI=1S/C14H19NO4/c1-15(10-4-7-14(18)19)13(17)9-8-11-5-2-3-6-12(11)16/h2-3,5-6,16H,4,7-10H2,1H3,(H,18,19). The number of para-hydroxylation sites is 1. The Hall–Kier alpha value is -2.04. The molecule has 2 N–H and O–H groups in total. The molecule has 0 fully saturated rings. The number of phenols is 1. The lowest BCUT2D eigenvalue weighted by Gasteiger charge is -2.16. The summed E-state index contributed by atoms with van der Waals surface area (Å²) < 4.78 is 0. The van der Waals surface area contributed by atoms with E-state index < -0.39 is 5.97 Å². The number of carbonyl (C=O) groups is 2. The number of aryl methyl sites for hydroxylation is 1. The number of carboxylic acid groups (broad SMARTS) is 1. The average Bonchev–Trinajstić information content (AvgIpc) is 2.36. The van der Waals surface area contributed by atoms with E-state index in [1.807, 2.05) is 6.07 Å². The van der Waals surface area contributed by atoms with Crippen LogP contribution in [0.25, 0.3) is 0 Å². The Morgan fingerprint density at radius 3 is 2.53 bits per heavy atom. The molecule has 104 valence electrons. The summed E-state index contributed by atoms with van der Waals surface area (Å²) >= 11 is 0. The number of carboxylic acids is 1. The van der Waals surface area contributed by atoms with Gasteiger partial charge in [-0.25, -0.2) is 0 Å². The molecule has 19 heavy (non-hydrogen) atoms. The minimum atomic E-state index is -0.852. The molecule has 0 atom stereocenters. The maximum absolute atomic E-state index is 11.8. The molecule has 0 aliphatic carbocycles. The molecule has 0 saturated carbocycles. The van der Waals surface area contributed by atoms with E-state index in [2.05, 4.69) is 0 Å². The third-order valence-corrected chi connectivity index (χ3v) is 2.91. The largest absolute Gasteiger partial charge is 0.508 e. The van der Waals surface area contributed by atoms with Crippen molar-refractivity contribution >= 4 is 11.9 Å². The lowest BCUT2D eigenvalue weighted by molar-refractivity contribution is -0.138. The van der Waals surface area contributed by atoms with Crippen LogP contribution in [0.5, 0.6) is 5.75 Å². The molecule has 0 aliphatic heterocycles. The fourth-order valence-electron chi connectivity index (χ4n) is 1.75. The molecule has 0 bridgehead atoms. The van der Waals surface area contributed by atoms with E-state index >= 15 is 0 Å². The van der Waals surface area contributed by atoms with Gasteiger partial charge in [0.2, 0.25) is 5.91 Å². The van der Waals surface area contributed by atoms with Gasteiger partial charge in [-0.1, -0.05) is 18.2 Å². The van der Waals surface area contributed by atoms with Crippen molar-refractivity contribution in [2.24, 2.45) is 0 Å². The molecule has 5 nitrogen and oxygen atoms in total. The molecule has 0 aromatic heterocycles. The van der Waals surface area contributed by atoms with Crippen LogP contribution in [-0.4, -0.2) is 40.6 Å². The Bertz CT molecular complexity index is 445. The van der Waals surface area contributed by atoms with Crippen LogP contribution < -0.4 is 0 Å². The van der Waals surface area contributed by atoms with Crippen LogP contribution in [0, 0.1) is 0 Å². The Kier molecular flexibility index (Phi) is 5.85. The van der Waals surface area contributed by atoms with Crippen LogP contribution in [0.4, 0.5) is 0 Å². The van der Waals surface area contributed by atoms with Crippen LogP contribution in [0.15, 0.2) is 24.3 Å². The zero-order chi connectivity index (χ0) is 14.3. The molecule has 1 rings (SSSR count). The smallest absolute Gasteiger partial charge is 0.303 e. The van der Waals surface area contributed by atoms with Crippen molar-refractivity contribution in [2.75, 3.05) is 13.6 Å². The minimum Gasteiger partial charge on any atom is -0.508 e. The highest BCUT2D eigenvalue weighted by Gasteiger charge is 2.10. The lowest BCUT2D eigenvalue weighted by atomic mass is 10.1. The molecule has 0 spiro atoms. The molecule has 1 aromatic rings. The molecular weight excluding hydrogens is 246 g/mol. The summed E-state index contributed by atoms with van der Waals surface area (Å²) in [6.07, 6.45) is 1.31. The molecule has 0 radical (unpaired) electrons. The maximum atomic E-state index is 11.8. The fraction of sp³-hybridized carbons (Fsp3) is 0.429. The Labute approximate surface area is 112 Å². The van der Waals surface area contributed by atoms with E-state index in [4.69, 9.17) is 5.11 Å². The normalized spacial score (nSPS) is 10.2. The van der Waals surface area contributed by atoms with Crippen LogP contribution in [0.2, 0.25) is 0 Å². The van der Waals surface area contributed by atoms with Crippen molar-refractivity contribution in [3.63, 3.8) is 0 Å². The van der Waals surface area contributed by atoms with E-state index in [1.165, 1.54) is 4.90 Å². The van der Waals surface area contributed by atoms with Gasteiger partial charge in [-0.05, 0) is 24.5 Å². The van der Waals surface area contributed by atoms with Crippen LogP contribution in [-0.2, 0) is 16.0 Å². The van der Waals surface area contributed by atoms with Gasteiger partial charge in [0.15, 0.2) is 0 Å². The van der Waals surface area contributed by atoms with Crippen molar-refractivity contribution in [3.05, 3.63) is 29.8 Å². The number of phenolic OH excluding ortho intramolecular Hbond substituents is 1. The second-order valence-corrected chi connectivity index (χ2v) is 4.44. The quantitative estimate of drug-likeness (QED) is 0.785. The molecule has 0 unspecified atom stereocenters. The monoisotopic (exact) mass is 265 g/mol. The fourth-order valence-corrected chi connectivity index (χ4v) is 1.75. The van der Waals surface area contributed by atoms with E-state index in [0.717, 1.165) is 5.56 Å². The van der Waals surface area contributed by atoms with Crippen LogP contribution >= 0.6 is 0 Å². The topological polar surface area (TPSA) is 77.8 Å². The summed E-state index contributed by atoms with van der Waals surface area (Å²) in [4.78, 5) is 23.7. The van der Waals surface area contributed by atoms with Crippen molar-refractivity contribution < 1.29 is 19.8 Å². The van der Waals surface area contributed by atoms with E-state index in [0.29, 0.717) is 25.8 Å². The highest BCUT2D eigenvalue weighted by molar-refractivity contribution is 5.76. The maximum Gasteiger partial charge on any atom is 0.303 e. The third-order valence-electron chi connectivity index (χ3n) is 2.91. The highest BCUT2D eigenvalue weighted by atomic mass is 16.4. The SMILES string of the molecule is CN(CCCC(=O)O)C(=O)CCc1ccccc1O. The van der Waals surface area contributed by atoms with E-state index in [9.17, 15) is 14.7 Å². The van der Waals surface area contributed by atoms with Gasteiger partial charge in [0, 0.05) is 26.4 Å². The third kappa shape index (κ3) is 5.42. The zero-order valence-corrected chi connectivity index (χ0v) is 11.0. The first-order chi connectivity index (χ1) is 9.00. The van der Waals surface area contributed by atoms with Gasteiger partial charge >= 0.3 is 5.97 Å². The summed E-state index contributed by atoms with van der Waals surface area (Å²) in [5, 5.41) is 18.1. The zero-order valence-electron chi connectivity index (χ0n) is 11.0. The van der Waals surface area contributed by atoms with Crippen molar-refractivity contribution in [2.45, 2.75) is 25.7 Å². The van der Waals surface area contributed by atoms with Crippen molar-refractivity contribution in [3.8, 4) is 5.75 Å². The number of hydrogen-bond acceptors (Lipinski definition) is 3. The summed E-state index contributed by atoms with van der Waals surface area (Å²) in [6, 6.07) is 6.93. The number of rotatable bonds is 7. The van der Waals surface area contributed by atoms with Crippen molar-refractivity contribution in [1.29, 1.82) is 0 Å². The Morgan fingerprint density at radius 1 is 1.21 bits per heavy atom. The summed E-state index contributed by atoms with van der Waals surface area (Å²) in [5.41, 5.74) is 0.745. The number of aromatic hydroxyl groups is 1. The van der Waals surface area contributed by atoms with Gasteiger partial charge in [0.25, 0.3) is 0 Å². The highest BCUT2D eigenvalue weighted by Crippen LogP contribution is 2.17. The molecule has 5 heteroatoms. The van der Waals surface area contributed by atoms with Gasteiger partial charge in [0.05, 0.1) is 0 Å². The van der Waals surface area contributed by atoms with Gasteiger partial charge < -0.3 is 15.1 Å². The second-order valence-electron chi connectivity index (χ2n) is 4.44. The van der Waals surface area contributed by atoms with Gasteiger partial charge in [0.1, 0.15) is 5.75 Å². The van der Waals surface area contributed by atoms with E-state index in [-0.39, 0.29) is 18.1 Å². The molecule has 1 amide bonds. The molecule has 0 saturated heterocycles. The van der Waals surface area contributed by atoms with Gasteiger partial charge in [-0.3, -0.25) is 9.59 Å². The molecule has 1 aromatic carbocycles. The number of amides is 1. The average molecular weight is 265 g/mol. The number of aliphatic carboxylic acids is 1. The van der Waals surface area contributed by atoms with Crippen LogP contribution in [0.3, 0.4) is 0 Å². The predicted molar refractivity (Wildman–Crippen MR) is 70.9 cm³/mol.